The molecule has 0 bridgehead atoms. The Morgan fingerprint density at radius 2 is 2.40 bits per heavy atom. The number of nitrogens with zero attached hydrogens (tertiary/aromatic N) is 2. The minimum absolute atomic E-state index is 0.549. The molecular formula is C6H9ClN2S. The molecule has 4 heteroatoms. The van der Waals surface area contributed by atoms with Crippen LogP contribution in [0.1, 0.15) is 23.9 Å². The molecule has 1 rings (SSSR count). The van der Waals surface area contributed by atoms with Crippen molar-refractivity contribution in [3.05, 3.63) is 10.6 Å². The molecule has 0 radical (unpaired) electrons. The number of aryl methyl sites for hydroxylation is 1. The maximum atomic E-state index is 5.64. The lowest BCUT2D eigenvalue weighted by Crippen LogP contribution is -1.87. The Morgan fingerprint density at radius 3 is 3.00 bits per heavy atom. The minimum atomic E-state index is 0.549. The van der Waals surface area contributed by atoms with Gasteiger partial charge in [-0.15, -0.1) is 16.7 Å². The number of alkyl halides is 1. The van der Waals surface area contributed by atoms with Gasteiger partial charge in [0.05, 0.1) is 16.5 Å². The third-order valence-electron chi connectivity index (χ3n) is 1.24. The van der Waals surface area contributed by atoms with E-state index in [0.29, 0.717) is 5.88 Å². The molecule has 0 unspecified atom stereocenters. The summed E-state index contributed by atoms with van der Waals surface area (Å²) in [6.45, 7) is 2.12. The SMILES string of the molecule is CCCc1nnsc1CCl. The van der Waals surface area contributed by atoms with Crippen LogP contribution in [0.15, 0.2) is 0 Å². The van der Waals surface area contributed by atoms with Crippen LogP contribution in [-0.2, 0) is 12.3 Å². The number of aromatic nitrogens is 2. The van der Waals surface area contributed by atoms with Gasteiger partial charge < -0.3 is 0 Å². The second kappa shape index (κ2) is 3.88. The first-order valence-electron chi connectivity index (χ1n) is 3.24. The van der Waals surface area contributed by atoms with E-state index in [9.17, 15) is 0 Å². The quantitative estimate of drug-likeness (QED) is 0.661. The molecule has 0 spiro atoms. The Hall–Kier alpha value is -0.150. The van der Waals surface area contributed by atoms with Crippen LogP contribution in [-0.4, -0.2) is 9.59 Å². The highest BCUT2D eigenvalue weighted by Gasteiger charge is 2.03. The zero-order valence-electron chi connectivity index (χ0n) is 5.80. The van der Waals surface area contributed by atoms with Gasteiger partial charge in [0.2, 0.25) is 0 Å². The Labute approximate surface area is 69.4 Å². The zero-order chi connectivity index (χ0) is 7.40. The third-order valence-corrected chi connectivity index (χ3v) is 2.43. The van der Waals surface area contributed by atoms with Gasteiger partial charge in [-0.2, -0.15) is 0 Å². The van der Waals surface area contributed by atoms with Gasteiger partial charge in [-0.05, 0) is 18.0 Å². The summed E-state index contributed by atoms with van der Waals surface area (Å²) in [5, 5.41) is 3.96. The summed E-state index contributed by atoms with van der Waals surface area (Å²) in [4.78, 5) is 1.11. The lowest BCUT2D eigenvalue weighted by Gasteiger charge is -1.91. The average Bonchev–Trinajstić information content (AvgIpc) is 2.36. The summed E-state index contributed by atoms with van der Waals surface area (Å²) < 4.78 is 3.82. The monoisotopic (exact) mass is 176 g/mol. The molecule has 10 heavy (non-hydrogen) atoms. The van der Waals surface area contributed by atoms with Gasteiger partial charge in [-0.1, -0.05) is 17.8 Å². The number of hydrogen-bond acceptors (Lipinski definition) is 3. The Morgan fingerprint density at radius 1 is 1.60 bits per heavy atom. The molecule has 0 fully saturated rings. The van der Waals surface area contributed by atoms with E-state index >= 15 is 0 Å². The fourth-order valence-corrected chi connectivity index (χ4v) is 1.59. The predicted octanol–water partition coefficient (Wildman–Crippen LogP) is 2.23. The maximum Gasteiger partial charge on any atom is 0.0799 e. The highest BCUT2D eigenvalue weighted by atomic mass is 35.5. The predicted molar refractivity (Wildman–Crippen MR) is 43.5 cm³/mol. The van der Waals surface area contributed by atoms with Crippen LogP contribution in [0.2, 0.25) is 0 Å². The molecule has 0 N–H and O–H groups in total. The summed E-state index contributed by atoms with van der Waals surface area (Å²) in [5.41, 5.74) is 1.07. The summed E-state index contributed by atoms with van der Waals surface area (Å²) in [6.07, 6.45) is 2.11. The Kier molecular flexibility index (Phi) is 3.09. The van der Waals surface area contributed by atoms with E-state index in [1.54, 1.807) is 0 Å². The molecule has 0 saturated carbocycles. The lowest BCUT2D eigenvalue weighted by molar-refractivity contribution is 0.861. The van der Waals surface area contributed by atoms with Gasteiger partial charge in [-0.3, -0.25) is 0 Å². The maximum absolute atomic E-state index is 5.64. The highest BCUT2D eigenvalue weighted by Crippen LogP contribution is 2.14. The van der Waals surface area contributed by atoms with Crippen molar-refractivity contribution < 1.29 is 0 Å². The van der Waals surface area contributed by atoms with E-state index in [2.05, 4.69) is 16.5 Å². The van der Waals surface area contributed by atoms with Crippen LogP contribution in [0.3, 0.4) is 0 Å². The first kappa shape index (κ1) is 7.95. The molecule has 1 aromatic rings. The van der Waals surface area contributed by atoms with Gasteiger partial charge in [0.1, 0.15) is 0 Å². The normalized spacial score (nSPS) is 10.2. The van der Waals surface area contributed by atoms with Crippen molar-refractivity contribution in [3.8, 4) is 0 Å². The fourth-order valence-electron chi connectivity index (χ4n) is 0.755. The molecule has 1 heterocycles. The standard InChI is InChI=1S/C6H9ClN2S/c1-2-3-5-6(4-7)10-9-8-5/h2-4H2,1H3. The van der Waals surface area contributed by atoms with E-state index in [4.69, 9.17) is 11.6 Å². The molecule has 0 aliphatic rings. The molecule has 0 atom stereocenters. The molecule has 0 aliphatic heterocycles. The lowest BCUT2D eigenvalue weighted by atomic mass is 10.2. The van der Waals surface area contributed by atoms with Crippen LogP contribution in [0.25, 0.3) is 0 Å². The molecule has 0 aliphatic carbocycles. The molecule has 0 amide bonds. The number of halogens is 1. The Bertz CT molecular complexity index is 199. The third kappa shape index (κ3) is 1.67. The Balaban J connectivity index is 2.70. The van der Waals surface area contributed by atoms with Crippen molar-refractivity contribution in [1.82, 2.24) is 9.59 Å². The highest BCUT2D eigenvalue weighted by molar-refractivity contribution is 7.05. The molecular weight excluding hydrogens is 168 g/mol. The van der Waals surface area contributed by atoms with Gasteiger partial charge in [0.25, 0.3) is 0 Å². The van der Waals surface area contributed by atoms with Crippen molar-refractivity contribution in [2.45, 2.75) is 25.6 Å². The van der Waals surface area contributed by atoms with Crippen LogP contribution in [0.5, 0.6) is 0 Å². The average molecular weight is 177 g/mol. The summed E-state index contributed by atoms with van der Waals surface area (Å²) in [5.74, 6) is 0.549. The van der Waals surface area contributed by atoms with Crippen molar-refractivity contribution in [2.24, 2.45) is 0 Å². The van der Waals surface area contributed by atoms with Crippen LogP contribution < -0.4 is 0 Å². The van der Waals surface area contributed by atoms with E-state index < -0.39 is 0 Å². The van der Waals surface area contributed by atoms with Crippen LogP contribution >= 0.6 is 23.1 Å². The van der Waals surface area contributed by atoms with E-state index in [1.165, 1.54) is 11.5 Å². The molecule has 2 nitrogen and oxygen atoms in total. The summed E-state index contributed by atoms with van der Waals surface area (Å²) in [6, 6.07) is 0. The number of rotatable bonds is 3. The topological polar surface area (TPSA) is 25.8 Å². The van der Waals surface area contributed by atoms with E-state index in [1.807, 2.05) is 0 Å². The van der Waals surface area contributed by atoms with Crippen LogP contribution in [0.4, 0.5) is 0 Å². The molecule has 0 saturated heterocycles. The van der Waals surface area contributed by atoms with Crippen molar-refractivity contribution in [1.29, 1.82) is 0 Å². The largest absolute Gasteiger partial charge is 0.143 e. The summed E-state index contributed by atoms with van der Waals surface area (Å²) >= 11 is 7.04. The first-order chi connectivity index (χ1) is 4.88. The smallest absolute Gasteiger partial charge is 0.0799 e. The second-order valence-electron chi connectivity index (χ2n) is 2.03. The second-order valence-corrected chi connectivity index (χ2v) is 3.13. The van der Waals surface area contributed by atoms with Crippen molar-refractivity contribution in [2.75, 3.05) is 0 Å². The molecule has 0 aromatic carbocycles. The van der Waals surface area contributed by atoms with Gasteiger partial charge in [-0.25, -0.2) is 0 Å². The van der Waals surface area contributed by atoms with Crippen molar-refractivity contribution in [3.63, 3.8) is 0 Å². The molecule has 1 aromatic heterocycles. The van der Waals surface area contributed by atoms with Gasteiger partial charge in [0, 0.05) is 0 Å². The van der Waals surface area contributed by atoms with Gasteiger partial charge in [0.15, 0.2) is 0 Å². The first-order valence-corrected chi connectivity index (χ1v) is 4.55. The zero-order valence-corrected chi connectivity index (χ0v) is 7.37. The van der Waals surface area contributed by atoms with E-state index in [0.717, 1.165) is 23.4 Å². The van der Waals surface area contributed by atoms with Crippen molar-refractivity contribution >= 4 is 23.1 Å². The number of hydrogen-bond donors (Lipinski definition) is 0. The minimum Gasteiger partial charge on any atom is -0.143 e. The summed E-state index contributed by atoms with van der Waals surface area (Å²) in [7, 11) is 0. The van der Waals surface area contributed by atoms with Crippen LogP contribution in [0, 0.1) is 0 Å². The molecule has 56 valence electrons. The van der Waals surface area contributed by atoms with E-state index in [-0.39, 0.29) is 0 Å². The van der Waals surface area contributed by atoms with Gasteiger partial charge >= 0.3 is 0 Å². The fraction of sp³-hybridized carbons (Fsp3) is 0.667.